The van der Waals surface area contributed by atoms with Crippen LogP contribution in [-0.2, 0) is 42.7 Å². The van der Waals surface area contributed by atoms with Crippen LogP contribution in [0.25, 0.3) is 0 Å². The lowest BCUT2D eigenvalue weighted by Gasteiger charge is -2.08. The molecule has 10 nitrogen and oxygen atoms in total. The van der Waals surface area contributed by atoms with E-state index in [1.807, 2.05) is 13.8 Å². The van der Waals surface area contributed by atoms with E-state index in [1.54, 1.807) is 0 Å². The summed E-state index contributed by atoms with van der Waals surface area (Å²) in [7, 11) is 0. The van der Waals surface area contributed by atoms with Crippen LogP contribution in [0.4, 0.5) is 0 Å². The standard InChI is InChI=1S/C21H40O10/c1-20(2)19-21(23)31-18-17-30-16-15-29-14-13-28-12-11-27-10-9-26-8-7-25-6-5-24-4-3-22/h19,22H,3-18H2,1-2H3. The molecule has 0 unspecified atom stereocenters. The van der Waals surface area contributed by atoms with Crippen molar-refractivity contribution < 1.29 is 47.8 Å². The molecule has 0 heterocycles. The molecule has 1 N–H and O–H groups in total. The van der Waals surface area contributed by atoms with Gasteiger partial charge in [0.05, 0.1) is 99.1 Å². The van der Waals surface area contributed by atoms with Crippen LogP contribution in [-0.4, -0.2) is 117 Å². The van der Waals surface area contributed by atoms with Crippen molar-refractivity contribution >= 4 is 5.97 Å². The molecule has 0 spiro atoms. The molecule has 0 aliphatic rings. The maximum absolute atomic E-state index is 11.2. The lowest BCUT2D eigenvalue weighted by molar-refractivity contribution is -0.139. The van der Waals surface area contributed by atoms with Crippen molar-refractivity contribution in [1.82, 2.24) is 0 Å². The first kappa shape index (κ1) is 29.9. The van der Waals surface area contributed by atoms with E-state index in [4.69, 9.17) is 43.0 Å². The average molecular weight is 453 g/mol. The third-order valence-corrected chi connectivity index (χ3v) is 3.35. The first-order valence-electron chi connectivity index (χ1n) is 10.6. The van der Waals surface area contributed by atoms with Crippen molar-refractivity contribution in [3.05, 3.63) is 11.6 Å². The Hall–Kier alpha value is -1.11. The molecule has 0 saturated carbocycles. The fourth-order valence-corrected chi connectivity index (χ4v) is 1.96. The van der Waals surface area contributed by atoms with Crippen molar-refractivity contribution in [3.8, 4) is 0 Å². The second-order valence-corrected chi connectivity index (χ2v) is 6.40. The predicted octanol–water partition coefficient (Wildman–Crippen LogP) is 0.604. The predicted molar refractivity (Wildman–Crippen MR) is 113 cm³/mol. The molecule has 0 aliphatic carbocycles. The molecule has 0 atom stereocenters. The molecule has 0 saturated heterocycles. The van der Waals surface area contributed by atoms with E-state index in [2.05, 4.69) is 0 Å². The van der Waals surface area contributed by atoms with E-state index in [0.717, 1.165) is 5.57 Å². The highest BCUT2D eigenvalue weighted by molar-refractivity contribution is 5.82. The zero-order valence-corrected chi connectivity index (χ0v) is 19.0. The van der Waals surface area contributed by atoms with Gasteiger partial charge < -0.3 is 43.0 Å². The monoisotopic (exact) mass is 452 g/mol. The van der Waals surface area contributed by atoms with Crippen molar-refractivity contribution in [1.29, 1.82) is 0 Å². The molecule has 10 heteroatoms. The number of ether oxygens (including phenoxy) is 8. The largest absolute Gasteiger partial charge is 0.460 e. The Bertz CT molecular complexity index is 413. The normalized spacial score (nSPS) is 10.9. The summed E-state index contributed by atoms with van der Waals surface area (Å²) in [6.07, 6.45) is 1.44. The van der Waals surface area contributed by atoms with Crippen LogP contribution in [0.3, 0.4) is 0 Å². The molecule has 31 heavy (non-hydrogen) atoms. The van der Waals surface area contributed by atoms with Crippen LogP contribution < -0.4 is 0 Å². The number of rotatable bonds is 24. The van der Waals surface area contributed by atoms with Gasteiger partial charge in [0.15, 0.2) is 0 Å². The number of esters is 1. The molecule has 0 bridgehead atoms. The van der Waals surface area contributed by atoms with Crippen LogP contribution in [0.5, 0.6) is 0 Å². The lowest BCUT2D eigenvalue weighted by Crippen LogP contribution is -2.15. The number of carbonyl (C=O) groups excluding carboxylic acids is 1. The molecule has 0 fully saturated rings. The second-order valence-electron chi connectivity index (χ2n) is 6.40. The summed E-state index contributed by atoms with van der Waals surface area (Å²) in [5.74, 6) is -0.351. The maximum atomic E-state index is 11.2. The molecular formula is C21H40O10. The SMILES string of the molecule is CC(C)=CC(=O)OCCOCCOCCOCCOCCOCCOCCOCCO. The van der Waals surface area contributed by atoms with Crippen LogP contribution in [0.15, 0.2) is 11.6 Å². The van der Waals surface area contributed by atoms with E-state index >= 15 is 0 Å². The number of hydrogen-bond donors (Lipinski definition) is 1. The van der Waals surface area contributed by atoms with Gasteiger partial charge in [-0.05, 0) is 13.8 Å². The summed E-state index contributed by atoms with van der Waals surface area (Å²) < 4.78 is 42.1. The van der Waals surface area contributed by atoms with Gasteiger partial charge >= 0.3 is 5.97 Å². The van der Waals surface area contributed by atoms with Gasteiger partial charge in [-0.1, -0.05) is 5.57 Å². The lowest BCUT2D eigenvalue weighted by atomic mass is 10.3. The Morgan fingerprint density at radius 1 is 0.548 bits per heavy atom. The Balaban J connectivity index is 3.08. The Labute approximate surface area is 185 Å². The minimum absolute atomic E-state index is 0.0249. The highest BCUT2D eigenvalue weighted by Gasteiger charge is 1.98. The maximum Gasteiger partial charge on any atom is 0.330 e. The van der Waals surface area contributed by atoms with Crippen molar-refractivity contribution in [2.24, 2.45) is 0 Å². The third kappa shape index (κ3) is 26.9. The topological polar surface area (TPSA) is 111 Å². The highest BCUT2D eigenvalue weighted by atomic mass is 16.6. The molecule has 184 valence electrons. The van der Waals surface area contributed by atoms with Gasteiger partial charge in [-0.2, -0.15) is 0 Å². The van der Waals surface area contributed by atoms with Crippen molar-refractivity contribution in [2.75, 3.05) is 106 Å². The zero-order chi connectivity index (χ0) is 22.8. The first-order chi connectivity index (χ1) is 15.2. The summed E-state index contributed by atoms with van der Waals surface area (Å²) in [5, 5.41) is 8.53. The molecule has 0 rings (SSSR count). The molecule has 0 aromatic heterocycles. The first-order valence-corrected chi connectivity index (χ1v) is 10.6. The zero-order valence-electron chi connectivity index (χ0n) is 19.0. The van der Waals surface area contributed by atoms with E-state index in [9.17, 15) is 4.79 Å². The summed E-state index contributed by atoms with van der Waals surface area (Å²) in [6.45, 7) is 10.4. The Morgan fingerprint density at radius 2 is 0.839 bits per heavy atom. The van der Waals surface area contributed by atoms with Gasteiger partial charge in [-0.15, -0.1) is 0 Å². The summed E-state index contributed by atoms with van der Waals surface area (Å²) >= 11 is 0. The molecule has 0 amide bonds. The van der Waals surface area contributed by atoms with Gasteiger partial charge in [-0.25, -0.2) is 4.79 Å². The third-order valence-electron chi connectivity index (χ3n) is 3.35. The highest BCUT2D eigenvalue weighted by Crippen LogP contribution is 1.91. The smallest absolute Gasteiger partial charge is 0.330 e. The van der Waals surface area contributed by atoms with E-state index in [1.165, 1.54) is 6.08 Å². The molecule has 0 aromatic rings. The van der Waals surface area contributed by atoms with E-state index < -0.39 is 0 Å². The van der Waals surface area contributed by atoms with Crippen molar-refractivity contribution in [2.45, 2.75) is 13.8 Å². The van der Waals surface area contributed by atoms with Gasteiger partial charge in [0.25, 0.3) is 0 Å². The minimum atomic E-state index is -0.351. The molecular weight excluding hydrogens is 412 g/mol. The van der Waals surface area contributed by atoms with Gasteiger partial charge in [-0.3, -0.25) is 0 Å². The summed E-state index contributed by atoms with van der Waals surface area (Å²) in [6, 6.07) is 0. The van der Waals surface area contributed by atoms with Crippen molar-refractivity contribution in [3.63, 3.8) is 0 Å². The molecule has 0 aliphatic heterocycles. The molecule has 0 radical (unpaired) electrons. The summed E-state index contributed by atoms with van der Waals surface area (Å²) in [5.41, 5.74) is 0.901. The molecule has 0 aromatic carbocycles. The number of hydrogen-bond acceptors (Lipinski definition) is 10. The van der Waals surface area contributed by atoms with Crippen LogP contribution in [0, 0.1) is 0 Å². The fraction of sp³-hybridized carbons (Fsp3) is 0.857. The van der Waals surface area contributed by atoms with Gasteiger partial charge in [0.2, 0.25) is 0 Å². The van der Waals surface area contributed by atoms with E-state index in [0.29, 0.717) is 92.5 Å². The Kier molecular flexibility index (Phi) is 24.3. The summed E-state index contributed by atoms with van der Waals surface area (Å²) in [4.78, 5) is 11.2. The quantitative estimate of drug-likeness (QED) is 0.127. The Morgan fingerprint density at radius 3 is 1.13 bits per heavy atom. The number of carbonyl (C=O) groups is 1. The van der Waals surface area contributed by atoms with Gasteiger partial charge in [0.1, 0.15) is 6.61 Å². The van der Waals surface area contributed by atoms with Crippen LogP contribution in [0.2, 0.25) is 0 Å². The van der Waals surface area contributed by atoms with Crippen LogP contribution >= 0.6 is 0 Å². The number of aliphatic hydroxyl groups is 1. The number of aliphatic hydroxyl groups excluding tert-OH is 1. The minimum Gasteiger partial charge on any atom is -0.460 e. The van der Waals surface area contributed by atoms with E-state index in [-0.39, 0.29) is 19.2 Å². The fourth-order valence-electron chi connectivity index (χ4n) is 1.96. The van der Waals surface area contributed by atoms with Crippen LogP contribution in [0.1, 0.15) is 13.8 Å². The van der Waals surface area contributed by atoms with Gasteiger partial charge in [0, 0.05) is 6.08 Å². The number of allylic oxidation sites excluding steroid dienone is 1. The average Bonchev–Trinajstić information content (AvgIpc) is 2.73. The second kappa shape index (κ2) is 25.2.